The summed E-state index contributed by atoms with van der Waals surface area (Å²) in [6.07, 6.45) is 2.08. The highest BCUT2D eigenvalue weighted by Crippen LogP contribution is 2.23. The van der Waals surface area contributed by atoms with Gasteiger partial charge in [-0.05, 0) is 29.9 Å². The van der Waals surface area contributed by atoms with E-state index in [1.54, 1.807) is 25.5 Å². The van der Waals surface area contributed by atoms with E-state index in [0.29, 0.717) is 12.5 Å². The molecule has 0 bridgehead atoms. The Morgan fingerprint density at radius 2 is 2.28 bits per heavy atom. The van der Waals surface area contributed by atoms with Crippen LogP contribution in [0.15, 0.2) is 16.4 Å². The van der Waals surface area contributed by atoms with E-state index >= 15 is 0 Å². The highest BCUT2D eigenvalue weighted by molar-refractivity contribution is 14.0. The van der Waals surface area contributed by atoms with Crippen molar-refractivity contribution in [3.8, 4) is 0 Å². The minimum absolute atomic E-state index is 0. The molecule has 2 aliphatic heterocycles. The summed E-state index contributed by atoms with van der Waals surface area (Å²) >= 11 is 1.79. The first-order valence-electron chi connectivity index (χ1n) is 8.48. The molecule has 8 heteroatoms. The van der Waals surface area contributed by atoms with Gasteiger partial charge in [-0.1, -0.05) is 0 Å². The van der Waals surface area contributed by atoms with Gasteiger partial charge in [0.05, 0.1) is 13.2 Å². The second-order valence-corrected chi connectivity index (χ2v) is 7.39. The predicted octanol–water partition coefficient (Wildman–Crippen LogP) is 1.79. The molecule has 1 aromatic heterocycles. The average molecular weight is 478 g/mol. The summed E-state index contributed by atoms with van der Waals surface area (Å²) in [7, 11) is 3.51. The molecule has 1 atom stereocenters. The molecule has 1 saturated heterocycles. The summed E-state index contributed by atoms with van der Waals surface area (Å²) in [5.41, 5.74) is 1.30. The van der Waals surface area contributed by atoms with Crippen LogP contribution in [0.3, 0.4) is 0 Å². The maximum absolute atomic E-state index is 12.5. The van der Waals surface area contributed by atoms with Crippen LogP contribution in [-0.2, 0) is 22.5 Å². The number of halogens is 1. The Morgan fingerprint density at radius 1 is 1.44 bits per heavy atom. The number of carbonyl (C=O) groups excluding carboxylic acids is 1. The highest BCUT2D eigenvalue weighted by Gasteiger charge is 2.26. The third kappa shape index (κ3) is 5.07. The summed E-state index contributed by atoms with van der Waals surface area (Å²) in [5.74, 6) is 1.50. The molecule has 2 aliphatic rings. The molecule has 3 rings (SSSR count). The number of likely N-dealkylation sites (tertiary alicyclic amines) is 1. The number of hydrogen-bond donors (Lipinski definition) is 1. The van der Waals surface area contributed by atoms with Crippen LogP contribution in [0.25, 0.3) is 0 Å². The number of fused-ring (bicyclic) bond motifs is 1. The molecule has 1 aromatic rings. The maximum atomic E-state index is 12.5. The van der Waals surface area contributed by atoms with Gasteiger partial charge in [-0.2, -0.15) is 0 Å². The van der Waals surface area contributed by atoms with Gasteiger partial charge in [0, 0.05) is 51.1 Å². The number of guanidine groups is 1. The van der Waals surface area contributed by atoms with Crippen LogP contribution in [0, 0.1) is 5.92 Å². The SMILES string of the molecule is CN=C(NCC(=O)N1CCc2sccc2C1)N1CCC(COC)C1.I. The fourth-order valence-corrected chi connectivity index (χ4v) is 4.35. The standard InChI is InChI=1S/C17H26N4O2S.HI/c1-18-17(21-6-3-13(10-21)12-23-2)19-9-16(22)20-7-4-15-14(11-20)5-8-24-15;/h5,8,13H,3-4,6-7,9-12H2,1-2H3,(H,18,19);1H. The fourth-order valence-electron chi connectivity index (χ4n) is 3.46. The van der Waals surface area contributed by atoms with Crippen molar-refractivity contribution in [1.82, 2.24) is 15.1 Å². The molecular weight excluding hydrogens is 451 g/mol. The summed E-state index contributed by atoms with van der Waals surface area (Å²) < 4.78 is 5.24. The molecule has 1 amide bonds. The molecule has 25 heavy (non-hydrogen) atoms. The third-order valence-corrected chi connectivity index (χ3v) is 5.78. The van der Waals surface area contributed by atoms with Gasteiger partial charge in [-0.15, -0.1) is 35.3 Å². The number of rotatable bonds is 4. The zero-order chi connectivity index (χ0) is 16.9. The number of hydrogen-bond acceptors (Lipinski definition) is 4. The maximum Gasteiger partial charge on any atom is 0.242 e. The van der Waals surface area contributed by atoms with E-state index < -0.39 is 0 Å². The van der Waals surface area contributed by atoms with Crippen LogP contribution < -0.4 is 5.32 Å². The third-order valence-electron chi connectivity index (χ3n) is 4.76. The zero-order valence-electron chi connectivity index (χ0n) is 14.9. The Kier molecular flexibility index (Phi) is 7.95. The second-order valence-electron chi connectivity index (χ2n) is 6.39. The topological polar surface area (TPSA) is 57.2 Å². The molecule has 140 valence electrons. The summed E-state index contributed by atoms with van der Waals surface area (Å²) in [5, 5.41) is 5.35. The van der Waals surface area contributed by atoms with Crippen LogP contribution in [0.5, 0.6) is 0 Å². The average Bonchev–Trinajstić information content (AvgIpc) is 3.24. The minimum Gasteiger partial charge on any atom is -0.384 e. The molecule has 6 nitrogen and oxygen atoms in total. The van der Waals surface area contributed by atoms with Crippen LogP contribution in [0.2, 0.25) is 0 Å². The predicted molar refractivity (Wildman–Crippen MR) is 112 cm³/mol. The second kappa shape index (κ2) is 9.72. The van der Waals surface area contributed by atoms with Gasteiger partial charge in [0.25, 0.3) is 0 Å². The van der Waals surface area contributed by atoms with Gasteiger partial charge >= 0.3 is 0 Å². The Morgan fingerprint density at radius 3 is 3.04 bits per heavy atom. The number of nitrogens with one attached hydrogen (secondary N) is 1. The summed E-state index contributed by atoms with van der Waals surface area (Å²) in [4.78, 5) is 22.4. The highest BCUT2D eigenvalue weighted by atomic mass is 127. The van der Waals surface area contributed by atoms with Crippen molar-refractivity contribution in [2.45, 2.75) is 19.4 Å². The van der Waals surface area contributed by atoms with Gasteiger partial charge < -0.3 is 19.9 Å². The first-order chi connectivity index (χ1) is 11.7. The minimum atomic E-state index is 0. The number of carbonyl (C=O) groups is 1. The lowest BCUT2D eigenvalue weighted by Crippen LogP contribution is -2.46. The van der Waals surface area contributed by atoms with Gasteiger partial charge in [-0.25, -0.2) is 0 Å². The number of aliphatic imine (C=N–C) groups is 1. The molecule has 0 radical (unpaired) electrons. The first kappa shape index (κ1) is 20.4. The van der Waals surface area contributed by atoms with E-state index in [4.69, 9.17) is 4.74 Å². The van der Waals surface area contributed by atoms with E-state index in [2.05, 4.69) is 26.7 Å². The van der Waals surface area contributed by atoms with Crippen molar-refractivity contribution in [2.24, 2.45) is 10.9 Å². The van der Waals surface area contributed by atoms with E-state index in [9.17, 15) is 4.79 Å². The number of thiophene rings is 1. The van der Waals surface area contributed by atoms with Crippen LogP contribution in [0.4, 0.5) is 0 Å². The van der Waals surface area contributed by atoms with Gasteiger partial charge in [0.1, 0.15) is 0 Å². The number of ether oxygens (including phenoxy) is 1. The largest absolute Gasteiger partial charge is 0.384 e. The molecular formula is C17H27IN4O2S. The lowest BCUT2D eigenvalue weighted by atomic mass is 10.1. The molecule has 3 heterocycles. The zero-order valence-corrected chi connectivity index (χ0v) is 18.0. The van der Waals surface area contributed by atoms with Crippen LogP contribution >= 0.6 is 35.3 Å². The van der Waals surface area contributed by atoms with E-state index in [1.807, 2.05) is 4.90 Å². The molecule has 1 unspecified atom stereocenters. The Labute approximate surface area is 170 Å². The van der Waals surface area contributed by atoms with E-state index in [1.165, 1.54) is 10.4 Å². The lowest BCUT2D eigenvalue weighted by molar-refractivity contribution is -0.130. The van der Waals surface area contributed by atoms with Crippen LogP contribution in [-0.4, -0.2) is 68.6 Å². The fraction of sp³-hybridized carbons (Fsp3) is 0.647. The van der Waals surface area contributed by atoms with Gasteiger partial charge in [-0.3, -0.25) is 9.79 Å². The van der Waals surface area contributed by atoms with E-state index in [0.717, 1.165) is 51.6 Å². The van der Waals surface area contributed by atoms with Crippen molar-refractivity contribution in [2.75, 3.05) is 46.9 Å². The number of amides is 1. The molecule has 1 N–H and O–H groups in total. The monoisotopic (exact) mass is 478 g/mol. The molecule has 1 fully saturated rings. The van der Waals surface area contributed by atoms with Crippen molar-refractivity contribution < 1.29 is 9.53 Å². The first-order valence-corrected chi connectivity index (χ1v) is 9.36. The molecule has 0 aromatic carbocycles. The lowest BCUT2D eigenvalue weighted by Gasteiger charge is -2.28. The number of nitrogens with zero attached hydrogens (tertiary/aromatic N) is 3. The normalized spacial score (nSPS) is 20.2. The Bertz CT molecular complexity index is 607. The quantitative estimate of drug-likeness (QED) is 0.408. The molecule has 0 saturated carbocycles. The molecule has 0 spiro atoms. The molecule has 0 aliphatic carbocycles. The van der Waals surface area contributed by atoms with Gasteiger partial charge in [0.15, 0.2) is 5.96 Å². The number of methoxy groups -OCH3 is 1. The van der Waals surface area contributed by atoms with Gasteiger partial charge in [0.2, 0.25) is 5.91 Å². The summed E-state index contributed by atoms with van der Waals surface area (Å²) in [6, 6.07) is 2.13. The Balaban J connectivity index is 0.00000225. The van der Waals surface area contributed by atoms with E-state index in [-0.39, 0.29) is 29.9 Å². The van der Waals surface area contributed by atoms with Crippen molar-refractivity contribution in [3.05, 3.63) is 21.9 Å². The van der Waals surface area contributed by atoms with Crippen LogP contribution in [0.1, 0.15) is 16.9 Å². The van der Waals surface area contributed by atoms with Crippen molar-refractivity contribution in [1.29, 1.82) is 0 Å². The van der Waals surface area contributed by atoms with Crippen molar-refractivity contribution in [3.63, 3.8) is 0 Å². The van der Waals surface area contributed by atoms with Crippen molar-refractivity contribution >= 4 is 47.2 Å². The Hall–Kier alpha value is -0.870. The smallest absolute Gasteiger partial charge is 0.242 e. The summed E-state index contributed by atoms with van der Waals surface area (Å²) in [6.45, 7) is 4.53.